The van der Waals surface area contributed by atoms with Crippen LogP contribution in [0.3, 0.4) is 0 Å². The quantitative estimate of drug-likeness (QED) is 0.733. The molecular formula is C12H18O2. The number of carboxylic acid groups (broad SMARTS) is 1. The number of carbonyl (C=O) groups is 1. The van der Waals surface area contributed by atoms with Gasteiger partial charge in [-0.25, -0.2) is 4.79 Å². The highest BCUT2D eigenvalue weighted by atomic mass is 16.4. The monoisotopic (exact) mass is 194 g/mol. The smallest absolute Gasteiger partial charge is 0.332 e. The fourth-order valence-corrected chi connectivity index (χ4v) is 2.99. The standard InChI is InChI=1S/C12H18O2/c1-12(2)9(10(12)11(13)14)8-6-4-3-5-7-8/h8H,3-7H2,1-2H3,(H,13,14). The van der Waals surface area contributed by atoms with Crippen LogP contribution in [0.5, 0.6) is 0 Å². The van der Waals surface area contributed by atoms with Gasteiger partial charge in [-0.1, -0.05) is 33.1 Å². The number of rotatable bonds is 2. The molecule has 1 fully saturated rings. The third-order valence-corrected chi connectivity index (χ3v) is 3.73. The summed E-state index contributed by atoms with van der Waals surface area (Å²) in [6.45, 7) is 4.08. The first kappa shape index (κ1) is 9.75. The Bertz CT molecular complexity index is 293. The van der Waals surface area contributed by atoms with Crippen LogP contribution >= 0.6 is 0 Å². The Labute approximate surface area is 85.0 Å². The van der Waals surface area contributed by atoms with E-state index in [-0.39, 0.29) is 5.41 Å². The Morgan fingerprint density at radius 3 is 2.29 bits per heavy atom. The van der Waals surface area contributed by atoms with E-state index in [1.165, 1.54) is 37.7 Å². The maximum absolute atomic E-state index is 11.0. The van der Waals surface area contributed by atoms with Crippen molar-refractivity contribution in [3.8, 4) is 0 Å². The average Bonchev–Trinajstić information content (AvgIpc) is 2.71. The molecule has 0 heterocycles. The zero-order chi connectivity index (χ0) is 10.3. The molecule has 0 aromatic carbocycles. The molecule has 0 spiro atoms. The fourth-order valence-electron chi connectivity index (χ4n) is 2.99. The van der Waals surface area contributed by atoms with Gasteiger partial charge >= 0.3 is 5.97 Å². The summed E-state index contributed by atoms with van der Waals surface area (Å²) in [7, 11) is 0. The summed E-state index contributed by atoms with van der Waals surface area (Å²) in [5, 5.41) is 9.03. The maximum Gasteiger partial charge on any atom is 0.332 e. The third-order valence-electron chi connectivity index (χ3n) is 3.73. The van der Waals surface area contributed by atoms with Gasteiger partial charge in [0.1, 0.15) is 0 Å². The molecule has 14 heavy (non-hydrogen) atoms. The Balaban J connectivity index is 2.14. The molecule has 0 unspecified atom stereocenters. The molecule has 2 heteroatoms. The molecule has 0 atom stereocenters. The minimum atomic E-state index is -0.699. The predicted molar refractivity (Wildman–Crippen MR) is 55.0 cm³/mol. The van der Waals surface area contributed by atoms with Gasteiger partial charge in [0.15, 0.2) is 0 Å². The molecular weight excluding hydrogens is 176 g/mol. The molecule has 0 radical (unpaired) electrons. The molecule has 0 bridgehead atoms. The van der Waals surface area contributed by atoms with Gasteiger partial charge in [0.25, 0.3) is 0 Å². The molecule has 1 N–H and O–H groups in total. The van der Waals surface area contributed by atoms with Gasteiger partial charge in [-0.05, 0) is 24.3 Å². The van der Waals surface area contributed by atoms with Crippen molar-refractivity contribution in [2.24, 2.45) is 11.3 Å². The third kappa shape index (κ3) is 1.37. The summed E-state index contributed by atoms with van der Waals surface area (Å²) < 4.78 is 0. The van der Waals surface area contributed by atoms with E-state index in [1.54, 1.807) is 0 Å². The molecule has 0 aliphatic heterocycles. The lowest BCUT2D eigenvalue weighted by Crippen LogP contribution is -2.09. The van der Waals surface area contributed by atoms with Gasteiger partial charge in [0.05, 0.1) is 0 Å². The number of aliphatic carboxylic acids is 1. The van der Waals surface area contributed by atoms with E-state index in [9.17, 15) is 4.79 Å². The normalized spacial score (nSPS) is 26.4. The van der Waals surface area contributed by atoms with Gasteiger partial charge in [0, 0.05) is 11.0 Å². The Kier molecular flexibility index (Phi) is 2.17. The minimum absolute atomic E-state index is 0.103. The van der Waals surface area contributed by atoms with E-state index in [2.05, 4.69) is 0 Å². The lowest BCUT2D eigenvalue weighted by atomic mass is 9.84. The van der Waals surface area contributed by atoms with Crippen molar-refractivity contribution in [2.45, 2.75) is 46.0 Å². The second-order valence-electron chi connectivity index (χ2n) is 5.05. The first-order valence-electron chi connectivity index (χ1n) is 5.53. The minimum Gasteiger partial charge on any atom is -0.478 e. The predicted octanol–water partition coefficient (Wildman–Crippen LogP) is 2.99. The highest BCUT2D eigenvalue weighted by molar-refractivity contribution is 5.96. The van der Waals surface area contributed by atoms with Crippen molar-refractivity contribution in [3.63, 3.8) is 0 Å². The second kappa shape index (κ2) is 3.11. The van der Waals surface area contributed by atoms with E-state index < -0.39 is 5.97 Å². The number of hydrogen-bond acceptors (Lipinski definition) is 1. The zero-order valence-corrected chi connectivity index (χ0v) is 8.97. The molecule has 2 nitrogen and oxygen atoms in total. The molecule has 1 saturated carbocycles. The average molecular weight is 194 g/mol. The lowest BCUT2D eigenvalue weighted by molar-refractivity contribution is -0.132. The van der Waals surface area contributed by atoms with E-state index in [0.717, 1.165) is 0 Å². The Hall–Kier alpha value is -0.790. The second-order valence-corrected chi connectivity index (χ2v) is 5.05. The zero-order valence-electron chi connectivity index (χ0n) is 8.97. The Morgan fingerprint density at radius 2 is 1.86 bits per heavy atom. The van der Waals surface area contributed by atoms with Crippen LogP contribution in [0, 0.1) is 11.3 Å². The largest absolute Gasteiger partial charge is 0.478 e. The SMILES string of the molecule is CC1(C)C(C(=O)O)=C1C1CCCCC1. The molecule has 0 aromatic heterocycles. The van der Waals surface area contributed by atoms with E-state index >= 15 is 0 Å². The first-order chi connectivity index (χ1) is 6.55. The summed E-state index contributed by atoms with van der Waals surface area (Å²) >= 11 is 0. The van der Waals surface area contributed by atoms with Crippen LogP contribution < -0.4 is 0 Å². The van der Waals surface area contributed by atoms with Crippen molar-refractivity contribution < 1.29 is 9.90 Å². The van der Waals surface area contributed by atoms with Crippen molar-refractivity contribution >= 4 is 5.97 Å². The maximum atomic E-state index is 11.0. The first-order valence-corrected chi connectivity index (χ1v) is 5.53. The van der Waals surface area contributed by atoms with Crippen LogP contribution in [-0.4, -0.2) is 11.1 Å². The van der Waals surface area contributed by atoms with Gasteiger partial charge in [-0.2, -0.15) is 0 Å². The van der Waals surface area contributed by atoms with Gasteiger partial charge in [0.2, 0.25) is 0 Å². The fraction of sp³-hybridized carbons (Fsp3) is 0.750. The number of carboxylic acids is 1. The molecule has 2 aliphatic carbocycles. The molecule has 2 rings (SSSR count). The summed E-state index contributed by atoms with van der Waals surface area (Å²) in [6, 6.07) is 0. The highest BCUT2D eigenvalue weighted by Gasteiger charge is 2.51. The Morgan fingerprint density at radius 1 is 1.29 bits per heavy atom. The highest BCUT2D eigenvalue weighted by Crippen LogP contribution is 2.58. The molecule has 0 saturated heterocycles. The van der Waals surface area contributed by atoms with E-state index in [1.807, 2.05) is 13.8 Å². The van der Waals surface area contributed by atoms with E-state index in [4.69, 9.17) is 5.11 Å². The summed E-state index contributed by atoms with van der Waals surface area (Å²) in [6.07, 6.45) is 6.28. The van der Waals surface area contributed by atoms with Crippen LogP contribution in [0.25, 0.3) is 0 Å². The van der Waals surface area contributed by atoms with Crippen molar-refractivity contribution in [2.75, 3.05) is 0 Å². The summed E-state index contributed by atoms with van der Waals surface area (Å²) in [5.74, 6) is -0.125. The van der Waals surface area contributed by atoms with Crippen molar-refractivity contribution in [1.29, 1.82) is 0 Å². The van der Waals surface area contributed by atoms with Crippen LogP contribution in [0.1, 0.15) is 46.0 Å². The molecule has 0 aromatic rings. The number of allylic oxidation sites excluding steroid dienone is 1. The van der Waals surface area contributed by atoms with Crippen molar-refractivity contribution in [3.05, 3.63) is 11.1 Å². The van der Waals surface area contributed by atoms with Gasteiger partial charge in [-0.15, -0.1) is 0 Å². The van der Waals surface area contributed by atoms with Crippen LogP contribution in [0.2, 0.25) is 0 Å². The van der Waals surface area contributed by atoms with Crippen LogP contribution in [0.15, 0.2) is 11.1 Å². The molecule has 78 valence electrons. The molecule has 2 aliphatic rings. The summed E-state index contributed by atoms with van der Waals surface area (Å²) in [4.78, 5) is 11.0. The lowest BCUT2D eigenvalue weighted by Gasteiger charge is -2.21. The van der Waals surface area contributed by atoms with Gasteiger partial charge < -0.3 is 5.11 Å². The molecule has 0 amide bonds. The number of hydrogen-bond donors (Lipinski definition) is 1. The van der Waals surface area contributed by atoms with Gasteiger partial charge in [-0.3, -0.25) is 0 Å². The van der Waals surface area contributed by atoms with Crippen molar-refractivity contribution in [1.82, 2.24) is 0 Å². The topological polar surface area (TPSA) is 37.3 Å². The van der Waals surface area contributed by atoms with E-state index in [0.29, 0.717) is 11.5 Å². The van der Waals surface area contributed by atoms with Crippen LogP contribution in [-0.2, 0) is 4.79 Å². The summed E-state index contributed by atoms with van der Waals surface area (Å²) in [5.41, 5.74) is 1.84. The van der Waals surface area contributed by atoms with Crippen LogP contribution in [0.4, 0.5) is 0 Å².